The van der Waals surface area contributed by atoms with Gasteiger partial charge in [0, 0.05) is 42.9 Å². The van der Waals surface area contributed by atoms with Crippen LogP contribution in [0, 0.1) is 5.92 Å². The van der Waals surface area contributed by atoms with E-state index in [1.54, 1.807) is 13.3 Å². The molecule has 3 aromatic carbocycles. The quantitative estimate of drug-likeness (QED) is 0.123. The maximum absolute atomic E-state index is 13.3. The molecule has 45 heavy (non-hydrogen) atoms. The first-order valence-corrected chi connectivity index (χ1v) is 18.1. The van der Waals surface area contributed by atoms with E-state index in [2.05, 4.69) is 45.9 Å². The molecule has 1 saturated carbocycles. The minimum absolute atomic E-state index is 0.0175. The van der Waals surface area contributed by atoms with Gasteiger partial charge in [-0.15, -0.1) is 0 Å². The van der Waals surface area contributed by atoms with E-state index < -0.39 is 19.5 Å². The number of para-hydroxylation sites is 1. The smallest absolute Gasteiger partial charge is 0.407 e. The van der Waals surface area contributed by atoms with Crippen LogP contribution in [0.4, 0.5) is 4.79 Å². The van der Waals surface area contributed by atoms with Crippen molar-refractivity contribution in [1.82, 2.24) is 15.6 Å². The third-order valence-corrected chi connectivity index (χ3v) is 9.49. The average Bonchev–Trinajstić information content (AvgIpc) is 3.75. The summed E-state index contributed by atoms with van der Waals surface area (Å²) < 4.78 is 23.8. The molecule has 9 heteroatoms. The first kappa shape index (κ1) is 30.9. The summed E-state index contributed by atoms with van der Waals surface area (Å²) in [5, 5.41) is 7.19. The Bertz CT molecular complexity index is 1730. The standard InChI is InChI=1S/C36H40N3O5P/c1-45(2,42)44-22-26(39-36(41)43-23-33-31-14-5-3-12-29(31)30-13-4-6-15-32(30)33)20-24-10-9-16-28(24)35(40)37-19-18-25-21-38-34-17-8-7-11-27(25)34/h3-8,11-15,17,20-21,26,28,33,38H,9-10,16,18-19,22-23H2,1-2H3,(H,37,40)(H,39,41)/b24-20+/t26-,28-/m1/s1. The highest BCUT2D eigenvalue weighted by Gasteiger charge is 2.31. The Labute approximate surface area is 264 Å². The van der Waals surface area contributed by atoms with Crippen LogP contribution in [-0.4, -0.2) is 56.1 Å². The molecular weight excluding hydrogens is 585 g/mol. The summed E-state index contributed by atoms with van der Waals surface area (Å²) in [6, 6.07) is 23.9. The van der Waals surface area contributed by atoms with Crippen LogP contribution < -0.4 is 10.6 Å². The molecule has 2 aliphatic carbocycles. The zero-order chi connectivity index (χ0) is 31.4. The Balaban J connectivity index is 1.09. The van der Waals surface area contributed by atoms with Crippen LogP contribution in [0.5, 0.6) is 0 Å². The van der Waals surface area contributed by atoms with Gasteiger partial charge in [-0.25, -0.2) is 4.79 Å². The van der Waals surface area contributed by atoms with Crippen LogP contribution in [0.25, 0.3) is 22.0 Å². The minimum atomic E-state index is -2.81. The summed E-state index contributed by atoms with van der Waals surface area (Å²) in [5.74, 6) is -0.360. The molecule has 2 amide bonds. The normalized spacial score (nSPS) is 17.6. The fraction of sp³-hybridized carbons (Fsp3) is 0.333. The van der Waals surface area contributed by atoms with Gasteiger partial charge >= 0.3 is 6.09 Å². The largest absolute Gasteiger partial charge is 0.449 e. The molecule has 3 N–H and O–H groups in total. The van der Waals surface area contributed by atoms with Crippen molar-refractivity contribution in [3.05, 3.63) is 107 Å². The van der Waals surface area contributed by atoms with Gasteiger partial charge in [0.25, 0.3) is 0 Å². The number of ether oxygens (including phenoxy) is 1. The van der Waals surface area contributed by atoms with E-state index in [9.17, 15) is 14.2 Å². The topological polar surface area (TPSA) is 110 Å². The summed E-state index contributed by atoms with van der Waals surface area (Å²) in [6.45, 7) is 3.83. The van der Waals surface area contributed by atoms with Crippen molar-refractivity contribution in [2.75, 3.05) is 33.1 Å². The van der Waals surface area contributed by atoms with E-state index in [-0.39, 0.29) is 31.0 Å². The molecular formula is C36H40N3O5P. The number of hydrogen-bond acceptors (Lipinski definition) is 5. The molecule has 1 aromatic heterocycles. The highest BCUT2D eigenvalue weighted by molar-refractivity contribution is 7.57. The monoisotopic (exact) mass is 625 g/mol. The molecule has 8 nitrogen and oxygen atoms in total. The molecule has 6 rings (SSSR count). The zero-order valence-corrected chi connectivity index (χ0v) is 26.6. The van der Waals surface area contributed by atoms with Crippen molar-refractivity contribution in [2.45, 2.75) is 37.6 Å². The van der Waals surface area contributed by atoms with E-state index in [0.29, 0.717) is 6.54 Å². The lowest BCUT2D eigenvalue weighted by atomic mass is 9.98. The Morgan fingerprint density at radius 1 is 1.00 bits per heavy atom. The van der Waals surface area contributed by atoms with Crippen molar-refractivity contribution in [1.29, 1.82) is 0 Å². The van der Waals surface area contributed by atoms with E-state index in [0.717, 1.165) is 59.0 Å². The lowest BCUT2D eigenvalue weighted by molar-refractivity contribution is -0.123. The van der Waals surface area contributed by atoms with Crippen LogP contribution in [-0.2, 0) is 25.0 Å². The van der Waals surface area contributed by atoms with Crippen LogP contribution in [0.1, 0.15) is 41.9 Å². The van der Waals surface area contributed by atoms with Crippen LogP contribution >= 0.6 is 7.37 Å². The van der Waals surface area contributed by atoms with Gasteiger partial charge in [-0.3, -0.25) is 9.36 Å². The van der Waals surface area contributed by atoms with Gasteiger partial charge in [-0.2, -0.15) is 0 Å². The molecule has 1 fully saturated rings. The third-order valence-electron chi connectivity index (χ3n) is 8.72. The first-order chi connectivity index (χ1) is 21.8. The number of H-pyrrole nitrogens is 1. The minimum Gasteiger partial charge on any atom is -0.449 e. The molecule has 4 aromatic rings. The number of aromatic amines is 1. The van der Waals surface area contributed by atoms with E-state index in [1.807, 2.05) is 54.7 Å². The molecule has 0 unspecified atom stereocenters. The second kappa shape index (κ2) is 13.5. The molecule has 1 heterocycles. The van der Waals surface area contributed by atoms with E-state index in [4.69, 9.17) is 9.26 Å². The predicted molar refractivity (Wildman–Crippen MR) is 178 cm³/mol. The number of benzene rings is 3. The van der Waals surface area contributed by atoms with Gasteiger partial charge in [0.1, 0.15) is 6.61 Å². The third kappa shape index (κ3) is 7.24. The van der Waals surface area contributed by atoms with Crippen LogP contribution in [0.2, 0.25) is 0 Å². The van der Waals surface area contributed by atoms with Gasteiger partial charge in [-0.05, 0) is 59.6 Å². The van der Waals surface area contributed by atoms with Gasteiger partial charge in [-0.1, -0.05) is 78.4 Å². The second-order valence-corrected chi connectivity index (χ2v) is 15.0. The number of alkyl carbamates (subject to hydrolysis) is 1. The predicted octanol–water partition coefficient (Wildman–Crippen LogP) is 7.01. The van der Waals surface area contributed by atoms with Crippen LogP contribution in [0.15, 0.2) is 90.6 Å². The zero-order valence-electron chi connectivity index (χ0n) is 25.8. The lowest BCUT2D eigenvalue weighted by Crippen LogP contribution is -2.38. The number of carbonyl (C=O) groups is 2. The number of fused-ring (bicyclic) bond motifs is 4. The molecule has 234 valence electrons. The maximum atomic E-state index is 13.3. The summed E-state index contributed by atoms with van der Waals surface area (Å²) in [4.78, 5) is 29.7. The summed E-state index contributed by atoms with van der Waals surface area (Å²) in [6.07, 6.45) is 6.41. The number of rotatable bonds is 11. The summed E-state index contributed by atoms with van der Waals surface area (Å²) >= 11 is 0. The van der Waals surface area contributed by atoms with E-state index >= 15 is 0 Å². The highest BCUT2D eigenvalue weighted by Crippen LogP contribution is 2.44. The molecule has 0 bridgehead atoms. The SMILES string of the molecule is CP(C)(=O)OC[C@@H](/C=C1\CCC[C@H]1C(=O)NCCc1c[nH]c2ccccc12)NC(=O)OCC1c2ccccc2-c2ccccc21. The Hall–Kier alpha value is -4.13. The Morgan fingerprint density at radius 2 is 1.69 bits per heavy atom. The highest BCUT2D eigenvalue weighted by atomic mass is 31.2. The molecule has 0 radical (unpaired) electrons. The van der Waals surface area contributed by atoms with Gasteiger partial charge in [0.2, 0.25) is 5.91 Å². The molecule has 0 spiro atoms. The number of hydrogen-bond donors (Lipinski definition) is 3. The Kier molecular flexibility index (Phi) is 9.24. The Morgan fingerprint density at radius 3 is 2.42 bits per heavy atom. The second-order valence-electron chi connectivity index (χ2n) is 12.2. The summed E-state index contributed by atoms with van der Waals surface area (Å²) in [5.41, 5.74) is 7.79. The first-order valence-electron chi connectivity index (χ1n) is 15.6. The van der Waals surface area contributed by atoms with Gasteiger partial charge in [0.15, 0.2) is 7.37 Å². The fourth-order valence-electron chi connectivity index (χ4n) is 6.59. The lowest BCUT2D eigenvalue weighted by Gasteiger charge is -2.21. The number of amides is 2. The van der Waals surface area contributed by atoms with Crippen molar-refractivity contribution in [2.24, 2.45) is 5.92 Å². The van der Waals surface area contributed by atoms with Gasteiger partial charge in [0.05, 0.1) is 18.6 Å². The van der Waals surface area contributed by atoms with Crippen molar-refractivity contribution < 1.29 is 23.4 Å². The number of aromatic nitrogens is 1. The summed E-state index contributed by atoms with van der Waals surface area (Å²) in [7, 11) is -2.81. The molecule has 0 saturated heterocycles. The van der Waals surface area contributed by atoms with Crippen molar-refractivity contribution >= 4 is 30.3 Å². The number of nitrogens with one attached hydrogen (secondary N) is 3. The van der Waals surface area contributed by atoms with E-state index in [1.165, 1.54) is 10.9 Å². The molecule has 0 aliphatic heterocycles. The molecule has 2 atom stereocenters. The van der Waals surface area contributed by atoms with Crippen LogP contribution in [0.3, 0.4) is 0 Å². The number of carbonyl (C=O) groups excluding carboxylic acids is 2. The maximum Gasteiger partial charge on any atom is 0.407 e. The average molecular weight is 626 g/mol. The van der Waals surface area contributed by atoms with Crippen molar-refractivity contribution in [3.8, 4) is 11.1 Å². The fourth-order valence-corrected chi connectivity index (χ4v) is 7.11. The van der Waals surface area contributed by atoms with Crippen molar-refractivity contribution in [3.63, 3.8) is 0 Å². The van der Waals surface area contributed by atoms with Gasteiger partial charge < -0.3 is 24.9 Å². The molecule has 2 aliphatic rings.